The number of nitrogens with zero attached hydrogens (tertiary/aromatic N) is 3. The van der Waals surface area contributed by atoms with Crippen LogP contribution >= 0.6 is 0 Å². The number of nitrogens with two attached hydrogens (primary N) is 1. The van der Waals surface area contributed by atoms with Gasteiger partial charge in [0.2, 0.25) is 11.9 Å². The first-order valence-electron chi connectivity index (χ1n) is 6.03. The Balaban J connectivity index is 2.07. The lowest BCUT2D eigenvalue weighted by Crippen LogP contribution is -2.36. The van der Waals surface area contributed by atoms with Crippen molar-refractivity contribution in [3.63, 3.8) is 0 Å². The molecule has 2 aromatic rings. The molecule has 0 aliphatic carbocycles. The zero-order valence-corrected chi connectivity index (χ0v) is 10.2. The Morgan fingerprint density at radius 1 is 1.44 bits per heavy atom. The van der Waals surface area contributed by atoms with Crippen LogP contribution < -0.4 is 11.1 Å². The number of amides is 1. The Kier molecular flexibility index (Phi) is 2.43. The van der Waals surface area contributed by atoms with E-state index < -0.39 is 0 Å². The normalized spacial score (nSPS) is 20.1. The van der Waals surface area contributed by atoms with Gasteiger partial charge in [-0.15, -0.1) is 0 Å². The summed E-state index contributed by atoms with van der Waals surface area (Å²) in [6.45, 7) is 2.53. The van der Waals surface area contributed by atoms with E-state index in [1.165, 1.54) is 0 Å². The first kappa shape index (κ1) is 11.0. The monoisotopic (exact) mass is 245 g/mol. The predicted molar refractivity (Wildman–Crippen MR) is 68.0 cm³/mol. The molecule has 3 heterocycles. The molecule has 3 rings (SSSR count). The molecule has 0 saturated carbocycles. The Hall–Kier alpha value is -2.11. The van der Waals surface area contributed by atoms with Gasteiger partial charge in [0.1, 0.15) is 5.52 Å². The number of piperidine rings is 1. The van der Waals surface area contributed by atoms with Crippen LogP contribution in [0, 0.1) is 6.92 Å². The van der Waals surface area contributed by atoms with Gasteiger partial charge in [-0.2, -0.15) is 0 Å². The Labute approximate surface area is 104 Å². The standard InChI is InChI=1S/C12H15N5O/c1-7-2-4-9-11(15-7)17(12(13)16-9)8-3-5-10(18)14-6-8/h2,4,8H,3,5-6H2,1H3,(H2,13,16)(H,14,18). The van der Waals surface area contributed by atoms with E-state index in [4.69, 9.17) is 5.73 Å². The number of hydrogen-bond acceptors (Lipinski definition) is 4. The van der Waals surface area contributed by atoms with E-state index in [0.717, 1.165) is 23.3 Å². The quantitative estimate of drug-likeness (QED) is 0.777. The maximum Gasteiger partial charge on any atom is 0.220 e. The lowest BCUT2D eigenvalue weighted by Gasteiger charge is -2.24. The van der Waals surface area contributed by atoms with Crippen molar-refractivity contribution in [2.24, 2.45) is 0 Å². The third-order valence-corrected chi connectivity index (χ3v) is 3.31. The average Bonchev–Trinajstić information content (AvgIpc) is 2.66. The van der Waals surface area contributed by atoms with E-state index in [1.54, 1.807) is 0 Å². The topological polar surface area (TPSA) is 85.8 Å². The lowest BCUT2D eigenvalue weighted by atomic mass is 10.1. The van der Waals surface area contributed by atoms with Crippen molar-refractivity contribution in [2.75, 3.05) is 12.3 Å². The van der Waals surface area contributed by atoms with Crippen molar-refractivity contribution >= 4 is 23.0 Å². The highest BCUT2D eigenvalue weighted by molar-refractivity contribution is 5.77. The Morgan fingerprint density at radius 2 is 2.28 bits per heavy atom. The molecule has 0 spiro atoms. The zero-order valence-electron chi connectivity index (χ0n) is 10.2. The van der Waals surface area contributed by atoms with Gasteiger partial charge in [0.15, 0.2) is 5.65 Å². The number of imidazole rings is 1. The van der Waals surface area contributed by atoms with Crippen LogP contribution in [-0.4, -0.2) is 27.0 Å². The number of nitrogens with one attached hydrogen (secondary N) is 1. The van der Waals surface area contributed by atoms with Gasteiger partial charge in [-0.3, -0.25) is 9.36 Å². The number of hydrogen-bond donors (Lipinski definition) is 2. The molecule has 0 radical (unpaired) electrons. The van der Waals surface area contributed by atoms with Crippen LogP contribution in [0.2, 0.25) is 0 Å². The second-order valence-corrected chi connectivity index (χ2v) is 4.63. The Bertz CT molecular complexity index is 608. The third-order valence-electron chi connectivity index (χ3n) is 3.31. The second-order valence-electron chi connectivity index (χ2n) is 4.63. The molecule has 6 nitrogen and oxygen atoms in total. The minimum atomic E-state index is 0.0957. The summed E-state index contributed by atoms with van der Waals surface area (Å²) in [4.78, 5) is 20.0. The van der Waals surface area contributed by atoms with Crippen LogP contribution in [0.5, 0.6) is 0 Å². The summed E-state index contributed by atoms with van der Waals surface area (Å²) >= 11 is 0. The Morgan fingerprint density at radius 3 is 3.00 bits per heavy atom. The van der Waals surface area contributed by atoms with Crippen LogP contribution in [0.25, 0.3) is 11.2 Å². The number of nitrogen functional groups attached to an aromatic ring is 1. The van der Waals surface area contributed by atoms with Crippen molar-refractivity contribution in [1.82, 2.24) is 19.9 Å². The minimum Gasteiger partial charge on any atom is -0.369 e. The molecule has 1 unspecified atom stereocenters. The van der Waals surface area contributed by atoms with Gasteiger partial charge in [-0.1, -0.05) is 0 Å². The van der Waals surface area contributed by atoms with Gasteiger partial charge in [0.05, 0.1) is 6.04 Å². The summed E-state index contributed by atoms with van der Waals surface area (Å²) in [5.74, 6) is 0.558. The first-order valence-corrected chi connectivity index (χ1v) is 6.03. The minimum absolute atomic E-state index is 0.0957. The number of anilines is 1. The van der Waals surface area contributed by atoms with Crippen molar-refractivity contribution in [3.05, 3.63) is 17.8 Å². The van der Waals surface area contributed by atoms with Crippen molar-refractivity contribution in [2.45, 2.75) is 25.8 Å². The van der Waals surface area contributed by atoms with Gasteiger partial charge < -0.3 is 11.1 Å². The van der Waals surface area contributed by atoms with E-state index in [-0.39, 0.29) is 11.9 Å². The summed E-state index contributed by atoms with van der Waals surface area (Å²) < 4.78 is 1.93. The molecule has 18 heavy (non-hydrogen) atoms. The molecule has 6 heteroatoms. The van der Waals surface area contributed by atoms with Crippen LogP contribution in [0.4, 0.5) is 5.95 Å². The van der Waals surface area contributed by atoms with Gasteiger partial charge in [0, 0.05) is 18.7 Å². The van der Waals surface area contributed by atoms with E-state index in [2.05, 4.69) is 15.3 Å². The average molecular weight is 245 g/mol. The number of carbonyl (C=O) groups is 1. The molecule has 1 amide bonds. The summed E-state index contributed by atoms with van der Waals surface area (Å²) in [5.41, 5.74) is 8.50. The molecule has 1 atom stereocenters. The highest BCUT2D eigenvalue weighted by Gasteiger charge is 2.23. The van der Waals surface area contributed by atoms with E-state index in [0.29, 0.717) is 18.9 Å². The molecule has 1 saturated heterocycles. The summed E-state index contributed by atoms with van der Waals surface area (Å²) in [6.07, 6.45) is 1.30. The molecule has 1 fully saturated rings. The molecule has 2 aromatic heterocycles. The zero-order chi connectivity index (χ0) is 12.7. The van der Waals surface area contributed by atoms with Crippen LogP contribution in [0.15, 0.2) is 12.1 Å². The fraction of sp³-hybridized carbons (Fsp3) is 0.417. The molecular weight excluding hydrogens is 230 g/mol. The second kappa shape index (κ2) is 3.97. The lowest BCUT2D eigenvalue weighted by molar-refractivity contribution is -0.122. The van der Waals surface area contributed by atoms with Crippen LogP contribution in [-0.2, 0) is 4.79 Å². The number of aromatic nitrogens is 3. The van der Waals surface area contributed by atoms with E-state index in [9.17, 15) is 4.79 Å². The van der Waals surface area contributed by atoms with Crippen LogP contribution in [0.3, 0.4) is 0 Å². The highest BCUT2D eigenvalue weighted by atomic mass is 16.1. The fourth-order valence-electron chi connectivity index (χ4n) is 2.39. The fourth-order valence-corrected chi connectivity index (χ4v) is 2.39. The molecule has 94 valence electrons. The SMILES string of the molecule is Cc1ccc2nc(N)n(C3CCC(=O)NC3)c2n1. The van der Waals surface area contributed by atoms with Gasteiger partial charge in [-0.05, 0) is 25.5 Å². The van der Waals surface area contributed by atoms with Crippen molar-refractivity contribution < 1.29 is 4.79 Å². The molecular formula is C12H15N5O. The largest absolute Gasteiger partial charge is 0.369 e. The maximum atomic E-state index is 11.2. The van der Waals surface area contributed by atoms with Gasteiger partial charge in [-0.25, -0.2) is 9.97 Å². The number of pyridine rings is 1. The highest BCUT2D eigenvalue weighted by Crippen LogP contribution is 2.25. The van der Waals surface area contributed by atoms with E-state index >= 15 is 0 Å². The molecule has 1 aliphatic heterocycles. The van der Waals surface area contributed by atoms with Gasteiger partial charge >= 0.3 is 0 Å². The van der Waals surface area contributed by atoms with Crippen LogP contribution in [0.1, 0.15) is 24.6 Å². The summed E-state index contributed by atoms with van der Waals surface area (Å²) in [7, 11) is 0. The number of fused-ring (bicyclic) bond motifs is 1. The number of aryl methyl sites for hydroxylation is 1. The number of carbonyl (C=O) groups excluding carboxylic acids is 1. The van der Waals surface area contributed by atoms with E-state index in [1.807, 2.05) is 23.6 Å². The predicted octanol–water partition coefficient (Wildman–Crippen LogP) is 0.773. The van der Waals surface area contributed by atoms with Crippen molar-refractivity contribution in [1.29, 1.82) is 0 Å². The summed E-state index contributed by atoms with van der Waals surface area (Å²) in [6, 6.07) is 3.98. The number of rotatable bonds is 1. The molecule has 0 bridgehead atoms. The summed E-state index contributed by atoms with van der Waals surface area (Å²) in [5, 5.41) is 2.86. The molecule has 3 N–H and O–H groups in total. The van der Waals surface area contributed by atoms with Gasteiger partial charge in [0.25, 0.3) is 0 Å². The third kappa shape index (κ3) is 1.70. The molecule has 0 aromatic carbocycles. The smallest absolute Gasteiger partial charge is 0.220 e. The maximum absolute atomic E-state index is 11.2. The molecule has 1 aliphatic rings. The van der Waals surface area contributed by atoms with Crippen molar-refractivity contribution in [3.8, 4) is 0 Å². The first-order chi connectivity index (χ1) is 8.65.